The van der Waals surface area contributed by atoms with Crippen LogP contribution in [-0.4, -0.2) is 60.0 Å². The molecule has 1 atom stereocenters. The van der Waals surface area contributed by atoms with Gasteiger partial charge in [0, 0.05) is 24.3 Å². The third kappa shape index (κ3) is 6.49. The van der Waals surface area contributed by atoms with Crippen LogP contribution in [0.3, 0.4) is 0 Å². The van der Waals surface area contributed by atoms with Gasteiger partial charge in [0.25, 0.3) is 5.91 Å². The average Bonchev–Trinajstić information content (AvgIpc) is 3.09. The number of nitrogens with zero attached hydrogens (tertiary/aromatic N) is 2. The van der Waals surface area contributed by atoms with Gasteiger partial charge in [0.05, 0.1) is 5.52 Å². The van der Waals surface area contributed by atoms with Gasteiger partial charge in [-0.3, -0.25) is 14.2 Å². The van der Waals surface area contributed by atoms with Crippen LogP contribution in [0.15, 0.2) is 51.7 Å². The minimum Gasteiger partial charge on any atom is -0.408 e. The maximum Gasteiger partial charge on any atom is 0.419 e. The first kappa shape index (κ1) is 24.6. The number of hydrogen-bond donors (Lipinski definition) is 2. The number of rotatable bonds is 10. The maximum atomic E-state index is 13.1. The van der Waals surface area contributed by atoms with E-state index in [4.69, 9.17) is 4.42 Å². The molecule has 0 saturated heterocycles. The van der Waals surface area contributed by atoms with Crippen LogP contribution in [-0.2, 0) is 11.3 Å². The van der Waals surface area contributed by atoms with E-state index in [1.165, 1.54) is 0 Å². The highest BCUT2D eigenvalue weighted by Crippen LogP contribution is 2.19. The predicted molar refractivity (Wildman–Crippen MR) is 133 cm³/mol. The van der Waals surface area contributed by atoms with E-state index in [-0.39, 0.29) is 11.8 Å². The van der Waals surface area contributed by atoms with E-state index in [0.717, 1.165) is 11.3 Å². The largest absolute Gasteiger partial charge is 0.419 e. The summed E-state index contributed by atoms with van der Waals surface area (Å²) >= 11 is 1.61. The fourth-order valence-corrected chi connectivity index (χ4v) is 3.88. The number of fused-ring (bicyclic) bond motifs is 1. The summed E-state index contributed by atoms with van der Waals surface area (Å²) in [7, 11) is 3.86. The summed E-state index contributed by atoms with van der Waals surface area (Å²) in [5, 5.41) is 5.74. The van der Waals surface area contributed by atoms with Crippen molar-refractivity contribution in [1.29, 1.82) is 0 Å². The first-order chi connectivity index (χ1) is 15.8. The van der Waals surface area contributed by atoms with Gasteiger partial charge in [-0.15, -0.1) is 0 Å². The number of likely N-dealkylation sites (N-methyl/N-ethyl adjacent to an activating group) is 1. The smallest absolute Gasteiger partial charge is 0.408 e. The highest BCUT2D eigenvalue weighted by molar-refractivity contribution is 7.98. The Balaban J connectivity index is 1.78. The minimum atomic E-state index is -0.693. The normalized spacial score (nSPS) is 12.2. The topological polar surface area (TPSA) is 96.6 Å². The minimum absolute atomic E-state index is 0.289. The van der Waals surface area contributed by atoms with Crippen molar-refractivity contribution in [2.45, 2.75) is 25.9 Å². The Labute approximate surface area is 197 Å². The Kier molecular flexibility index (Phi) is 8.35. The van der Waals surface area contributed by atoms with Crippen LogP contribution in [0.1, 0.15) is 22.3 Å². The van der Waals surface area contributed by atoms with Crippen molar-refractivity contribution in [1.82, 2.24) is 14.8 Å². The summed E-state index contributed by atoms with van der Waals surface area (Å²) in [6.45, 7) is 3.06. The van der Waals surface area contributed by atoms with Gasteiger partial charge in [-0.2, -0.15) is 11.8 Å². The Morgan fingerprint density at radius 1 is 1.18 bits per heavy atom. The number of carbonyl (C=O) groups excluding carboxylic acids is 2. The van der Waals surface area contributed by atoms with Crippen LogP contribution in [0.4, 0.5) is 5.69 Å². The molecule has 0 spiro atoms. The van der Waals surface area contributed by atoms with E-state index < -0.39 is 11.8 Å². The van der Waals surface area contributed by atoms with E-state index in [2.05, 4.69) is 10.6 Å². The zero-order chi connectivity index (χ0) is 24.0. The molecule has 1 aromatic heterocycles. The Bertz CT molecular complexity index is 1180. The molecule has 176 valence electrons. The number of amides is 2. The molecular formula is C24H30N4O4S. The first-order valence-electron chi connectivity index (χ1n) is 10.7. The van der Waals surface area contributed by atoms with Crippen LogP contribution in [0, 0.1) is 6.92 Å². The molecule has 3 rings (SSSR count). The Morgan fingerprint density at radius 3 is 2.67 bits per heavy atom. The van der Waals surface area contributed by atoms with Gasteiger partial charge in [0.2, 0.25) is 5.91 Å². The van der Waals surface area contributed by atoms with Crippen molar-refractivity contribution in [2.24, 2.45) is 0 Å². The van der Waals surface area contributed by atoms with Crippen LogP contribution < -0.4 is 16.4 Å². The van der Waals surface area contributed by atoms with Gasteiger partial charge in [-0.05, 0) is 69.8 Å². The molecule has 1 unspecified atom stereocenters. The van der Waals surface area contributed by atoms with Gasteiger partial charge in [0.1, 0.15) is 6.04 Å². The molecule has 0 aliphatic carbocycles. The van der Waals surface area contributed by atoms with Crippen molar-refractivity contribution in [2.75, 3.05) is 38.0 Å². The monoisotopic (exact) mass is 470 g/mol. The summed E-state index contributed by atoms with van der Waals surface area (Å²) in [6, 6.07) is 11.6. The lowest BCUT2D eigenvalue weighted by molar-refractivity contribution is -0.118. The lowest BCUT2D eigenvalue weighted by atomic mass is 10.1. The molecule has 0 saturated carbocycles. The molecular weight excluding hydrogens is 440 g/mol. The third-order valence-electron chi connectivity index (χ3n) is 5.22. The molecule has 8 nitrogen and oxygen atoms in total. The number of benzene rings is 2. The van der Waals surface area contributed by atoms with Crippen LogP contribution in [0.2, 0.25) is 0 Å². The predicted octanol–water partition coefficient (Wildman–Crippen LogP) is 2.95. The number of aryl methyl sites for hydroxylation is 1. The Hall–Kier alpha value is -3.04. The summed E-state index contributed by atoms with van der Waals surface area (Å²) in [5.41, 5.74) is 3.10. The highest BCUT2D eigenvalue weighted by Gasteiger charge is 2.22. The average molecular weight is 471 g/mol. The molecule has 0 bridgehead atoms. The molecule has 9 heteroatoms. The second-order valence-corrected chi connectivity index (χ2v) is 9.16. The lowest BCUT2D eigenvalue weighted by Crippen LogP contribution is -2.44. The van der Waals surface area contributed by atoms with E-state index in [1.54, 1.807) is 46.7 Å². The van der Waals surface area contributed by atoms with Crippen molar-refractivity contribution in [3.63, 3.8) is 0 Å². The van der Waals surface area contributed by atoms with E-state index in [1.807, 2.05) is 44.3 Å². The fraction of sp³-hybridized carbons (Fsp3) is 0.375. The number of thioether (sulfide) groups is 1. The number of anilines is 1. The van der Waals surface area contributed by atoms with Gasteiger partial charge in [0.15, 0.2) is 5.58 Å². The van der Waals surface area contributed by atoms with Crippen LogP contribution in [0.5, 0.6) is 0 Å². The van der Waals surface area contributed by atoms with Crippen molar-refractivity contribution < 1.29 is 14.0 Å². The first-order valence-corrected chi connectivity index (χ1v) is 12.1. The number of nitrogens with one attached hydrogen (secondary N) is 2. The van der Waals surface area contributed by atoms with Crippen molar-refractivity contribution >= 4 is 40.4 Å². The third-order valence-corrected chi connectivity index (χ3v) is 5.86. The second-order valence-electron chi connectivity index (χ2n) is 8.17. The quantitative estimate of drug-likeness (QED) is 0.473. The molecule has 2 N–H and O–H groups in total. The number of hydrogen-bond acceptors (Lipinski definition) is 6. The van der Waals surface area contributed by atoms with Gasteiger partial charge < -0.3 is 20.0 Å². The molecule has 0 aliphatic rings. The van der Waals surface area contributed by atoms with Gasteiger partial charge in [-0.1, -0.05) is 17.7 Å². The zero-order valence-corrected chi connectivity index (χ0v) is 20.2. The standard InChI is InChI=1S/C24H30N4O4S/c1-16-6-5-7-17(14-16)22(29)26-19(10-13-33-4)23(30)25-18-8-9-21-20(15-18)28(24(31)32-21)12-11-27(2)3/h5-9,14-15,19H,10-13H2,1-4H3,(H,25,30)(H,26,29). The molecule has 0 aliphatic heterocycles. The number of oxazole rings is 1. The van der Waals surface area contributed by atoms with E-state index in [0.29, 0.717) is 41.9 Å². The Morgan fingerprint density at radius 2 is 1.97 bits per heavy atom. The lowest BCUT2D eigenvalue weighted by Gasteiger charge is -2.18. The number of carbonyl (C=O) groups is 2. The van der Waals surface area contributed by atoms with Crippen molar-refractivity contribution in [3.05, 3.63) is 64.1 Å². The molecule has 2 aromatic carbocycles. The summed E-state index contributed by atoms with van der Waals surface area (Å²) in [5.74, 6) is -0.312. The molecule has 0 fully saturated rings. The fourth-order valence-electron chi connectivity index (χ4n) is 3.41. The van der Waals surface area contributed by atoms with Crippen LogP contribution in [0.25, 0.3) is 11.1 Å². The van der Waals surface area contributed by atoms with Gasteiger partial charge in [-0.25, -0.2) is 4.79 Å². The molecule has 2 amide bonds. The second kappa shape index (κ2) is 11.2. The van der Waals surface area contributed by atoms with E-state index >= 15 is 0 Å². The zero-order valence-electron chi connectivity index (χ0n) is 19.4. The summed E-state index contributed by atoms with van der Waals surface area (Å²) < 4.78 is 6.87. The molecule has 1 heterocycles. The molecule has 3 aromatic rings. The number of aromatic nitrogens is 1. The summed E-state index contributed by atoms with van der Waals surface area (Å²) in [6.07, 6.45) is 2.45. The van der Waals surface area contributed by atoms with Gasteiger partial charge >= 0.3 is 5.76 Å². The van der Waals surface area contributed by atoms with Crippen molar-refractivity contribution in [3.8, 4) is 0 Å². The highest BCUT2D eigenvalue weighted by atomic mass is 32.2. The molecule has 0 radical (unpaired) electrons. The van der Waals surface area contributed by atoms with E-state index in [9.17, 15) is 14.4 Å². The SMILES string of the molecule is CSCCC(NC(=O)c1cccc(C)c1)C(=O)Nc1ccc2oc(=O)n(CCN(C)C)c2c1. The summed E-state index contributed by atoms with van der Waals surface area (Å²) in [4.78, 5) is 40.0. The molecule has 33 heavy (non-hydrogen) atoms. The maximum absolute atomic E-state index is 13.1. The van der Waals surface area contributed by atoms with Crippen LogP contribution >= 0.6 is 11.8 Å².